The maximum Gasteiger partial charge on any atom is 0.295 e. The van der Waals surface area contributed by atoms with Gasteiger partial charge in [0.05, 0.1) is 20.8 Å². The minimum atomic E-state index is -0.253. The lowest BCUT2D eigenvalue weighted by Gasteiger charge is -2.21. The third-order valence-corrected chi connectivity index (χ3v) is 5.00. The number of pyridine rings is 1. The summed E-state index contributed by atoms with van der Waals surface area (Å²) in [6, 6.07) is 18.7. The number of benzene rings is 2. The van der Waals surface area contributed by atoms with Crippen LogP contribution in [0.1, 0.15) is 21.7 Å². The van der Waals surface area contributed by atoms with Crippen LogP contribution in [0.2, 0.25) is 0 Å². The average molecular weight is 402 g/mol. The topological polar surface area (TPSA) is 64.8 Å². The molecule has 2 aromatic carbocycles. The number of fused-ring (bicyclic) bond motifs is 1. The lowest BCUT2D eigenvalue weighted by atomic mass is 10.1. The molecule has 152 valence electrons. The highest BCUT2D eigenvalue weighted by atomic mass is 16.5. The van der Waals surface area contributed by atoms with E-state index in [0.29, 0.717) is 35.2 Å². The van der Waals surface area contributed by atoms with Gasteiger partial charge in [-0.05, 0) is 42.8 Å². The molecule has 0 radical (unpaired) electrons. The lowest BCUT2D eigenvalue weighted by molar-refractivity contribution is 0.0959. The summed E-state index contributed by atoms with van der Waals surface area (Å²) in [6.45, 7) is 2.19. The Hall–Kier alpha value is -3.80. The standard InChI is InChI=1S/C24H22N2O4/c1-16-18-8-4-5-9-19(18)30-23(16)24(27)26(22-10-6-7-13-25-22)15-17-11-12-20(28-2)21(14-17)29-3/h4-14H,15H2,1-3H3. The SMILES string of the molecule is COc1ccc(CN(C(=O)c2oc3ccccc3c2C)c2ccccn2)cc1OC. The second-order valence-electron chi connectivity index (χ2n) is 6.82. The van der Waals surface area contributed by atoms with Crippen LogP contribution in [0.3, 0.4) is 0 Å². The molecule has 0 N–H and O–H groups in total. The number of hydrogen-bond acceptors (Lipinski definition) is 5. The van der Waals surface area contributed by atoms with E-state index in [-0.39, 0.29) is 5.91 Å². The molecular formula is C24H22N2O4. The number of ether oxygens (including phenoxy) is 2. The largest absolute Gasteiger partial charge is 0.493 e. The number of aromatic nitrogens is 1. The van der Waals surface area contributed by atoms with Crippen molar-refractivity contribution in [3.05, 3.63) is 83.7 Å². The fourth-order valence-corrected chi connectivity index (χ4v) is 3.43. The van der Waals surface area contributed by atoms with Crippen molar-refractivity contribution >= 4 is 22.7 Å². The number of aryl methyl sites for hydroxylation is 1. The van der Waals surface area contributed by atoms with Gasteiger partial charge in [0, 0.05) is 17.1 Å². The molecule has 0 saturated carbocycles. The molecule has 4 rings (SSSR count). The first kappa shape index (κ1) is 19.5. The summed E-state index contributed by atoms with van der Waals surface area (Å²) in [7, 11) is 3.17. The van der Waals surface area contributed by atoms with E-state index in [1.807, 2.05) is 61.5 Å². The summed E-state index contributed by atoms with van der Waals surface area (Å²) in [5, 5.41) is 0.924. The van der Waals surface area contributed by atoms with E-state index in [1.165, 1.54) is 0 Å². The first-order valence-electron chi connectivity index (χ1n) is 9.54. The monoisotopic (exact) mass is 402 g/mol. The molecule has 0 aliphatic carbocycles. The zero-order chi connectivity index (χ0) is 21.1. The lowest BCUT2D eigenvalue weighted by Crippen LogP contribution is -2.31. The van der Waals surface area contributed by atoms with Crippen LogP contribution in [0.15, 0.2) is 71.3 Å². The Bertz CT molecular complexity index is 1180. The molecule has 0 aliphatic rings. The summed E-state index contributed by atoms with van der Waals surface area (Å²) in [5.41, 5.74) is 2.37. The normalized spacial score (nSPS) is 10.8. The molecule has 4 aromatic rings. The molecule has 0 unspecified atom stereocenters. The molecule has 0 aliphatic heterocycles. The van der Waals surface area contributed by atoms with Gasteiger partial charge in [-0.15, -0.1) is 0 Å². The van der Waals surface area contributed by atoms with E-state index in [2.05, 4.69) is 4.98 Å². The quantitative estimate of drug-likeness (QED) is 0.454. The highest BCUT2D eigenvalue weighted by molar-refractivity contribution is 6.07. The first-order chi connectivity index (χ1) is 14.6. The number of furan rings is 1. The van der Waals surface area contributed by atoms with Crippen molar-refractivity contribution in [2.45, 2.75) is 13.5 Å². The zero-order valence-corrected chi connectivity index (χ0v) is 17.1. The highest BCUT2D eigenvalue weighted by Gasteiger charge is 2.25. The number of amides is 1. The molecule has 0 spiro atoms. The summed E-state index contributed by atoms with van der Waals surface area (Å²) < 4.78 is 16.6. The predicted molar refractivity (Wildman–Crippen MR) is 115 cm³/mol. The molecule has 0 saturated heterocycles. The van der Waals surface area contributed by atoms with E-state index in [9.17, 15) is 4.79 Å². The number of nitrogens with zero attached hydrogens (tertiary/aromatic N) is 2. The van der Waals surface area contributed by atoms with Gasteiger partial charge >= 0.3 is 0 Å². The van der Waals surface area contributed by atoms with Crippen LogP contribution in [0.5, 0.6) is 11.5 Å². The Morgan fingerprint density at radius 2 is 1.77 bits per heavy atom. The summed E-state index contributed by atoms with van der Waals surface area (Å²) in [6.07, 6.45) is 1.66. The number of anilines is 1. The van der Waals surface area contributed by atoms with Gasteiger partial charge in [-0.3, -0.25) is 9.69 Å². The Kier molecular flexibility index (Phi) is 5.39. The number of rotatable bonds is 6. The van der Waals surface area contributed by atoms with Crippen LogP contribution in [0.4, 0.5) is 5.82 Å². The third kappa shape index (κ3) is 3.59. The second kappa shape index (κ2) is 8.29. The predicted octanol–water partition coefficient (Wildman–Crippen LogP) is 5.00. The van der Waals surface area contributed by atoms with Crippen LogP contribution in [-0.2, 0) is 6.54 Å². The minimum absolute atomic E-state index is 0.253. The minimum Gasteiger partial charge on any atom is -0.493 e. The van der Waals surface area contributed by atoms with Gasteiger partial charge in [-0.25, -0.2) is 4.98 Å². The molecule has 6 heteroatoms. The van der Waals surface area contributed by atoms with Gasteiger partial charge in [0.25, 0.3) is 5.91 Å². The van der Waals surface area contributed by atoms with Crippen molar-refractivity contribution in [2.24, 2.45) is 0 Å². The van der Waals surface area contributed by atoms with Gasteiger partial charge < -0.3 is 13.9 Å². The Balaban J connectivity index is 1.75. The molecule has 0 bridgehead atoms. The van der Waals surface area contributed by atoms with Gasteiger partial charge in [-0.1, -0.05) is 30.3 Å². The molecule has 2 aromatic heterocycles. The molecule has 6 nitrogen and oxygen atoms in total. The number of carbonyl (C=O) groups excluding carboxylic acids is 1. The molecule has 1 amide bonds. The van der Waals surface area contributed by atoms with Crippen molar-refractivity contribution in [2.75, 3.05) is 19.1 Å². The van der Waals surface area contributed by atoms with E-state index < -0.39 is 0 Å². The van der Waals surface area contributed by atoms with Crippen LogP contribution < -0.4 is 14.4 Å². The van der Waals surface area contributed by atoms with Crippen molar-refractivity contribution < 1.29 is 18.7 Å². The van der Waals surface area contributed by atoms with Crippen molar-refractivity contribution in [1.82, 2.24) is 4.98 Å². The van der Waals surface area contributed by atoms with Crippen LogP contribution in [0.25, 0.3) is 11.0 Å². The third-order valence-electron chi connectivity index (χ3n) is 5.00. The molecular weight excluding hydrogens is 380 g/mol. The van der Waals surface area contributed by atoms with E-state index in [0.717, 1.165) is 16.5 Å². The first-order valence-corrected chi connectivity index (χ1v) is 9.54. The van der Waals surface area contributed by atoms with Crippen molar-refractivity contribution in [3.63, 3.8) is 0 Å². The Labute approximate surface area is 174 Å². The molecule has 0 fully saturated rings. The fraction of sp³-hybridized carbons (Fsp3) is 0.167. The molecule has 0 atom stereocenters. The molecule has 2 heterocycles. The van der Waals surface area contributed by atoms with Gasteiger partial charge in [-0.2, -0.15) is 0 Å². The van der Waals surface area contributed by atoms with Gasteiger partial charge in [0.2, 0.25) is 0 Å². The Morgan fingerprint density at radius 3 is 2.47 bits per heavy atom. The van der Waals surface area contributed by atoms with Gasteiger partial charge in [0.15, 0.2) is 17.3 Å². The second-order valence-corrected chi connectivity index (χ2v) is 6.82. The summed E-state index contributed by atoms with van der Waals surface area (Å²) in [4.78, 5) is 19.5. The van der Waals surface area contributed by atoms with Crippen LogP contribution in [0, 0.1) is 6.92 Å². The van der Waals surface area contributed by atoms with E-state index in [1.54, 1.807) is 31.4 Å². The average Bonchev–Trinajstić information content (AvgIpc) is 3.14. The number of hydrogen-bond donors (Lipinski definition) is 0. The maximum absolute atomic E-state index is 13.6. The Morgan fingerprint density at radius 1 is 1.00 bits per heavy atom. The van der Waals surface area contributed by atoms with Crippen LogP contribution in [-0.4, -0.2) is 25.1 Å². The number of para-hydroxylation sites is 1. The smallest absolute Gasteiger partial charge is 0.295 e. The number of methoxy groups -OCH3 is 2. The fourth-order valence-electron chi connectivity index (χ4n) is 3.43. The summed E-state index contributed by atoms with van der Waals surface area (Å²) in [5.74, 6) is 1.82. The van der Waals surface area contributed by atoms with Gasteiger partial charge in [0.1, 0.15) is 11.4 Å². The zero-order valence-electron chi connectivity index (χ0n) is 17.1. The van der Waals surface area contributed by atoms with E-state index >= 15 is 0 Å². The maximum atomic E-state index is 13.6. The van der Waals surface area contributed by atoms with Crippen molar-refractivity contribution in [3.8, 4) is 11.5 Å². The van der Waals surface area contributed by atoms with Crippen molar-refractivity contribution in [1.29, 1.82) is 0 Å². The van der Waals surface area contributed by atoms with E-state index in [4.69, 9.17) is 13.9 Å². The molecule has 30 heavy (non-hydrogen) atoms. The summed E-state index contributed by atoms with van der Waals surface area (Å²) >= 11 is 0. The highest BCUT2D eigenvalue weighted by Crippen LogP contribution is 2.30. The van der Waals surface area contributed by atoms with Crippen LogP contribution >= 0.6 is 0 Å². The number of carbonyl (C=O) groups is 1.